The van der Waals surface area contributed by atoms with Crippen LogP contribution in [-0.2, 0) is 11.2 Å². The second-order valence-electron chi connectivity index (χ2n) is 5.50. The summed E-state index contributed by atoms with van der Waals surface area (Å²) < 4.78 is 10.7. The molecule has 3 heteroatoms. The van der Waals surface area contributed by atoms with Gasteiger partial charge in [-0.05, 0) is 56.7 Å². The van der Waals surface area contributed by atoms with Crippen molar-refractivity contribution in [1.29, 1.82) is 0 Å². The zero-order chi connectivity index (χ0) is 15.1. The summed E-state index contributed by atoms with van der Waals surface area (Å²) in [7, 11) is 0. The molecule has 21 heavy (non-hydrogen) atoms. The standard InChI is InChI=1S/C18H24O3/c1-3-15(7-4-6-14(2)19)8-5-9-16-10-11-17-18(12-16)21-13-20-17/h8,10-12H,3-7,9,13H2,1-2H3/b15-8+. The predicted octanol–water partition coefficient (Wildman–Crippen LogP) is 4.44. The van der Waals surface area contributed by atoms with Crippen molar-refractivity contribution < 1.29 is 14.3 Å². The van der Waals surface area contributed by atoms with E-state index < -0.39 is 0 Å². The minimum Gasteiger partial charge on any atom is -0.454 e. The average Bonchev–Trinajstić information content (AvgIpc) is 2.92. The third-order valence-corrected chi connectivity index (χ3v) is 3.78. The smallest absolute Gasteiger partial charge is 0.231 e. The molecular formula is C18H24O3. The molecule has 1 heterocycles. The molecule has 1 aromatic carbocycles. The monoisotopic (exact) mass is 288 g/mol. The zero-order valence-electron chi connectivity index (χ0n) is 13.0. The quantitative estimate of drug-likeness (QED) is 0.663. The number of carbonyl (C=O) groups is 1. The van der Waals surface area contributed by atoms with Crippen molar-refractivity contribution in [2.45, 2.75) is 52.4 Å². The predicted molar refractivity (Wildman–Crippen MR) is 83.8 cm³/mol. The van der Waals surface area contributed by atoms with E-state index >= 15 is 0 Å². The molecule has 1 aliphatic rings. The van der Waals surface area contributed by atoms with Crippen LogP contribution >= 0.6 is 0 Å². The maximum absolute atomic E-state index is 11.0. The lowest BCUT2D eigenvalue weighted by molar-refractivity contribution is -0.117. The molecule has 1 aliphatic heterocycles. The molecule has 0 aromatic heterocycles. The van der Waals surface area contributed by atoms with E-state index in [2.05, 4.69) is 25.1 Å². The van der Waals surface area contributed by atoms with Gasteiger partial charge in [0.2, 0.25) is 6.79 Å². The molecule has 0 N–H and O–H groups in total. The fourth-order valence-corrected chi connectivity index (χ4v) is 2.53. The van der Waals surface area contributed by atoms with E-state index in [9.17, 15) is 4.79 Å². The Kier molecular flexibility index (Phi) is 5.85. The van der Waals surface area contributed by atoms with Gasteiger partial charge in [-0.25, -0.2) is 0 Å². The largest absolute Gasteiger partial charge is 0.454 e. The molecule has 0 radical (unpaired) electrons. The molecule has 1 aromatic rings. The zero-order valence-corrected chi connectivity index (χ0v) is 13.0. The van der Waals surface area contributed by atoms with Crippen LogP contribution in [0.1, 0.15) is 51.5 Å². The number of Topliss-reactive ketones (excluding diaryl/α,β-unsaturated/α-hetero) is 1. The lowest BCUT2D eigenvalue weighted by atomic mass is 10.0. The van der Waals surface area contributed by atoms with E-state index in [-0.39, 0.29) is 5.78 Å². The van der Waals surface area contributed by atoms with Gasteiger partial charge in [0, 0.05) is 6.42 Å². The second kappa shape index (κ2) is 7.87. The first-order valence-electron chi connectivity index (χ1n) is 7.75. The Balaban J connectivity index is 1.81. The molecule has 0 spiro atoms. The van der Waals surface area contributed by atoms with Gasteiger partial charge >= 0.3 is 0 Å². The summed E-state index contributed by atoms with van der Waals surface area (Å²) in [6, 6.07) is 6.15. The third-order valence-electron chi connectivity index (χ3n) is 3.78. The summed E-state index contributed by atoms with van der Waals surface area (Å²) in [5, 5.41) is 0. The van der Waals surface area contributed by atoms with Gasteiger partial charge in [0.25, 0.3) is 0 Å². The normalized spacial score (nSPS) is 13.5. The first kappa shape index (κ1) is 15.6. The van der Waals surface area contributed by atoms with Gasteiger partial charge in [0.05, 0.1) is 0 Å². The number of carbonyl (C=O) groups excluding carboxylic acids is 1. The summed E-state index contributed by atoms with van der Waals surface area (Å²) in [6.45, 7) is 4.17. The highest BCUT2D eigenvalue weighted by atomic mass is 16.7. The molecular weight excluding hydrogens is 264 g/mol. The van der Waals surface area contributed by atoms with Crippen molar-refractivity contribution in [1.82, 2.24) is 0 Å². The molecule has 0 amide bonds. The van der Waals surface area contributed by atoms with Crippen LogP contribution in [0, 0.1) is 0 Å². The molecule has 0 saturated carbocycles. The Morgan fingerprint density at radius 3 is 2.81 bits per heavy atom. The summed E-state index contributed by atoms with van der Waals surface area (Å²) in [4.78, 5) is 11.0. The van der Waals surface area contributed by atoms with Crippen molar-refractivity contribution >= 4 is 5.78 Å². The number of ether oxygens (including phenoxy) is 2. The Morgan fingerprint density at radius 1 is 1.24 bits per heavy atom. The molecule has 114 valence electrons. The number of hydrogen-bond donors (Lipinski definition) is 0. The Labute approximate surface area is 127 Å². The molecule has 0 aliphatic carbocycles. The van der Waals surface area contributed by atoms with Crippen molar-refractivity contribution in [3.8, 4) is 11.5 Å². The molecule has 2 rings (SSSR count). The summed E-state index contributed by atoms with van der Waals surface area (Å²) in [5.74, 6) is 1.98. The van der Waals surface area contributed by atoms with Crippen molar-refractivity contribution in [3.63, 3.8) is 0 Å². The van der Waals surface area contributed by atoms with Gasteiger partial charge in [-0.15, -0.1) is 0 Å². The highest BCUT2D eigenvalue weighted by Gasteiger charge is 2.12. The lowest BCUT2D eigenvalue weighted by Gasteiger charge is -2.05. The Bertz CT molecular complexity index is 517. The second-order valence-corrected chi connectivity index (χ2v) is 5.50. The van der Waals surface area contributed by atoms with Crippen LogP contribution in [0.2, 0.25) is 0 Å². The highest BCUT2D eigenvalue weighted by molar-refractivity contribution is 5.75. The van der Waals surface area contributed by atoms with E-state index in [0.717, 1.165) is 43.6 Å². The third kappa shape index (κ3) is 4.92. The van der Waals surface area contributed by atoms with E-state index in [0.29, 0.717) is 13.2 Å². The number of rotatable bonds is 8. The number of fused-ring (bicyclic) bond motifs is 1. The molecule has 0 saturated heterocycles. The summed E-state index contributed by atoms with van der Waals surface area (Å²) in [6.07, 6.45) is 8.13. The van der Waals surface area contributed by atoms with Crippen molar-refractivity contribution in [3.05, 3.63) is 35.4 Å². The summed E-state index contributed by atoms with van der Waals surface area (Å²) in [5.41, 5.74) is 2.73. The number of hydrogen-bond acceptors (Lipinski definition) is 3. The fraction of sp³-hybridized carbons (Fsp3) is 0.500. The van der Waals surface area contributed by atoms with Gasteiger partial charge in [-0.2, -0.15) is 0 Å². The Hall–Kier alpha value is -1.77. The van der Waals surface area contributed by atoms with Crippen LogP contribution in [-0.4, -0.2) is 12.6 Å². The van der Waals surface area contributed by atoms with E-state index in [1.807, 2.05) is 6.07 Å². The van der Waals surface area contributed by atoms with Crippen LogP contribution in [0.15, 0.2) is 29.8 Å². The van der Waals surface area contributed by atoms with Crippen molar-refractivity contribution in [2.75, 3.05) is 6.79 Å². The first-order valence-corrected chi connectivity index (χ1v) is 7.75. The summed E-state index contributed by atoms with van der Waals surface area (Å²) >= 11 is 0. The fourth-order valence-electron chi connectivity index (χ4n) is 2.53. The van der Waals surface area contributed by atoms with E-state index in [1.165, 1.54) is 11.1 Å². The highest BCUT2D eigenvalue weighted by Crippen LogP contribution is 2.32. The topological polar surface area (TPSA) is 35.5 Å². The Morgan fingerprint density at radius 2 is 2.05 bits per heavy atom. The number of allylic oxidation sites excluding steroid dienone is 2. The van der Waals surface area contributed by atoms with Gasteiger partial charge in [0.1, 0.15) is 5.78 Å². The van der Waals surface area contributed by atoms with Crippen molar-refractivity contribution in [2.24, 2.45) is 0 Å². The van der Waals surface area contributed by atoms with Gasteiger partial charge in [0.15, 0.2) is 11.5 Å². The van der Waals surface area contributed by atoms with Crippen LogP contribution in [0.25, 0.3) is 0 Å². The van der Waals surface area contributed by atoms with E-state index in [1.54, 1.807) is 6.92 Å². The molecule has 0 atom stereocenters. The number of benzene rings is 1. The minimum atomic E-state index is 0.283. The minimum absolute atomic E-state index is 0.283. The molecule has 0 unspecified atom stereocenters. The van der Waals surface area contributed by atoms with Crippen LogP contribution < -0.4 is 9.47 Å². The van der Waals surface area contributed by atoms with Crippen LogP contribution in [0.3, 0.4) is 0 Å². The van der Waals surface area contributed by atoms with Gasteiger partial charge in [-0.1, -0.05) is 24.6 Å². The average molecular weight is 288 g/mol. The lowest BCUT2D eigenvalue weighted by Crippen LogP contribution is -1.93. The van der Waals surface area contributed by atoms with Gasteiger partial charge in [-0.3, -0.25) is 0 Å². The SMILES string of the molecule is CC/C(=C\CCc1ccc2c(c1)OCO2)CCCC(C)=O. The van der Waals surface area contributed by atoms with Gasteiger partial charge < -0.3 is 14.3 Å². The maximum Gasteiger partial charge on any atom is 0.231 e. The maximum atomic E-state index is 11.0. The number of ketones is 1. The molecule has 3 nitrogen and oxygen atoms in total. The molecule has 0 fully saturated rings. The van der Waals surface area contributed by atoms with Crippen LogP contribution in [0.4, 0.5) is 0 Å². The number of aryl methyl sites for hydroxylation is 1. The molecule has 0 bridgehead atoms. The van der Waals surface area contributed by atoms with Crippen LogP contribution in [0.5, 0.6) is 11.5 Å². The van der Waals surface area contributed by atoms with E-state index in [4.69, 9.17) is 9.47 Å². The first-order chi connectivity index (χ1) is 10.2.